The van der Waals surface area contributed by atoms with Crippen molar-refractivity contribution in [2.24, 2.45) is 5.92 Å². The van der Waals surface area contributed by atoms with Crippen molar-refractivity contribution < 1.29 is 4.79 Å². The van der Waals surface area contributed by atoms with Gasteiger partial charge in [-0.05, 0) is 43.1 Å². The van der Waals surface area contributed by atoms with Crippen LogP contribution in [0.15, 0.2) is 53.3 Å². The number of rotatable bonds is 4. The van der Waals surface area contributed by atoms with Crippen LogP contribution in [-0.4, -0.2) is 40.1 Å². The summed E-state index contributed by atoms with van der Waals surface area (Å²) in [6.45, 7) is 4.44. The lowest BCUT2D eigenvalue weighted by Crippen LogP contribution is -2.52. The van der Waals surface area contributed by atoms with Crippen molar-refractivity contribution in [1.29, 1.82) is 0 Å². The van der Waals surface area contributed by atoms with E-state index in [0.717, 1.165) is 37.3 Å². The van der Waals surface area contributed by atoms with Crippen LogP contribution in [0.4, 0.5) is 0 Å². The summed E-state index contributed by atoms with van der Waals surface area (Å²) in [7, 11) is 0. The number of thiocarbonyl (C=S) groups is 1. The zero-order chi connectivity index (χ0) is 20.4. The minimum Gasteiger partial charge on any atom is -0.354 e. The van der Waals surface area contributed by atoms with Crippen LogP contribution in [0.2, 0.25) is 0 Å². The maximum atomic E-state index is 12.3. The van der Waals surface area contributed by atoms with Gasteiger partial charge >= 0.3 is 0 Å². The van der Waals surface area contributed by atoms with E-state index in [9.17, 15) is 9.59 Å². The first-order valence-electron chi connectivity index (χ1n) is 10.1. The van der Waals surface area contributed by atoms with E-state index in [1.807, 2.05) is 54.0 Å². The Morgan fingerprint density at radius 1 is 1.14 bits per heavy atom. The van der Waals surface area contributed by atoms with E-state index in [4.69, 9.17) is 12.2 Å². The molecule has 7 heteroatoms. The van der Waals surface area contributed by atoms with Crippen LogP contribution in [0.1, 0.15) is 36.6 Å². The first-order valence-corrected chi connectivity index (χ1v) is 10.5. The third kappa shape index (κ3) is 4.34. The van der Waals surface area contributed by atoms with Gasteiger partial charge in [0.2, 0.25) is 5.91 Å². The highest BCUT2D eigenvalue weighted by atomic mass is 32.1. The fourth-order valence-corrected chi connectivity index (χ4v) is 4.67. The summed E-state index contributed by atoms with van der Waals surface area (Å²) in [5.41, 5.74) is 2.24. The van der Waals surface area contributed by atoms with Crippen LogP contribution in [0.5, 0.6) is 0 Å². The van der Waals surface area contributed by atoms with Crippen molar-refractivity contribution in [3.63, 3.8) is 0 Å². The molecule has 2 aromatic rings. The summed E-state index contributed by atoms with van der Waals surface area (Å²) in [6, 6.07) is 15.3. The Morgan fingerprint density at radius 2 is 1.93 bits per heavy atom. The topological polar surface area (TPSA) is 66.4 Å². The van der Waals surface area contributed by atoms with Crippen molar-refractivity contribution in [3.8, 4) is 0 Å². The largest absolute Gasteiger partial charge is 0.354 e. The number of benzene rings is 1. The van der Waals surface area contributed by atoms with Gasteiger partial charge in [0.1, 0.15) is 0 Å². The third-order valence-electron chi connectivity index (χ3n) is 5.84. The van der Waals surface area contributed by atoms with E-state index >= 15 is 0 Å². The van der Waals surface area contributed by atoms with Gasteiger partial charge in [-0.2, -0.15) is 0 Å². The molecule has 3 heterocycles. The normalized spacial score (nSPS) is 21.1. The number of likely N-dealkylation sites (tertiary alicyclic amines) is 1. The SMILES string of the molecule is C[C@H](NC(=O)CNC(=S)N1C[C@H]2C[C@@H](C1)c1cccc(=O)n1C2)c1ccccc1. The lowest BCUT2D eigenvalue weighted by atomic mass is 9.83. The van der Waals surface area contributed by atoms with Gasteiger partial charge in [0.15, 0.2) is 5.11 Å². The quantitative estimate of drug-likeness (QED) is 0.755. The molecule has 0 spiro atoms. The molecule has 1 aromatic carbocycles. The molecule has 0 saturated carbocycles. The van der Waals surface area contributed by atoms with Crippen LogP contribution in [0.3, 0.4) is 0 Å². The summed E-state index contributed by atoms with van der Waals surface area (Å²) in [4.78, 5) is 26.6. The van der Waals surface area contributed by atoms with E-state index in [0.29, 0.717) is 16.9 Å². The minimum absolute atomic E-state index is 0.0526. The Kier molecular flexibility index (Phi) is 5.67. The number of fused-ring (bicyclic) bond motifs is 4. The number of hydrogen-bond acceptors (Lipinski definition) is 3. The molecule has 3 atom stereocenters. The first-order chi connectivity index (χ1) is 14.0. The first kappa shape index (κ1) is 19.6. The molecule has 2 N–H and O–H groups in total. The molecule has 1 saturated heterocycles. The van der Waals surface area contributed by atoms with Gasteiger partial charge in [0.25, 0.3) is 5.56 Å². The zero-order valence-electron chi connectivity index (χ0n) is 16.5. The number of nitrogens with one attached hydrogen (secondary N) is 2. The molecular weight excluding hydrogens is 384 g/mol. The second kappa shape index (κ2) is 8.37. The van der Waals surface area contributed by atoms with Crippen LogP contribution in [0.25, 0.3) is 0 Å². The lowest BCUT2D eigenvalue weighted by Gasteiger charge is -2.43. The van der Waals surface area contributed by atoms with E-state index in [1.54, 1.807) is 6.07 Å². The van der Waals surface area contributed by atoms with Crippen molar-refractivity contribution >= 4 is 23.2 Å². The highest BCUT2D eigenvalue weighted by Crippen LogP contribution is 2.34. The van der Waals surface area contributed by atoms with Gasteiger partial charge in [0, 0.05) is 37.3 Å². The summed E-state index contributed by atoms with van der Waals surface area (Å²) in [5.74, 6) is 0.605. The van der Waals surface area contributed by atoms with E-state index in [1.165, 1.54) is 0 Å². The van der Waals surface area contributed by atoms with Gasteiger partial charge < -0.3 is 20.1 Å². The van der Waals surface area contributed by atoms with Gasteiger partial charge in [-0.15, -0.1) is 0 Å². The molecule has 0 unspecified atom stereocenters. The Bertz CT molecular complexity index is 959. The number of carbonyl (C=O) groups excluding carboxylic acids is 1. The Labute approximate surface area is 175 Å². The molecule has 0 aliphatic carbocycles. The van der Waals surface area contributed by atoms with Crippen LogP contribution in [-0.2, 0) is 11.3 Å². The number of nitrogens with zero attached hydrogens (tertiary/aromatic N) is 2. The van der Waals surface area contributed by atoms with Crippen LogP contribution >= 0.6 is 12.2 Å². The maximum absolute atomic E-state index is 12.3. The van der Waals surface area contributed by atoms with Crippen LogP contribution < -0.4 is 16.2 Å². The molecule has 1 fully saturated rings. The second-order valence-electron chi connectivity index (χ2n) is 7.96. The number of piperidine rings is 1. The van der Waals surface area contributed by atoms with Crippen LogP contribution in [0, 0.1) is 5.92 Å². The molecule has 0 radical (unpaired) electrons. The summed E-state index contributed by atoms with van der Waals surface area (Å²) in [5, 5.41) is 6.71. The van der Waals surface area contributed by atoms with E-state index in [-0.39, 0.29) is 24.1 Å². The minimum atomic E-state index is -0.0854. The van der Waals surface area contributed by atoms with Crippen molar-refractivity contribution in [3.05, 3.63) is 70.1 Å². The number of aromatic nitrogens is 1. The second-order valence-corrected chi connectivity index (χ2v) is 8.35. The van der Waals surface area contributed by atoms with E-state index < -0.39 is 0 Å². The van der Waals surface area contributed by atoms with E-state index in [2.05, 4.69) is 15.5 Å². The third-order valence-corrected chi connectivity index (χ3v) is 6.25. The Morgan fingerprint density at radius 3 is 2.72 bits per heavy atom. The summed E-state index contributed by atoms with van der Waals surface area (Å²) >= 11 is 5.57. The maximum Gasteiger partial charge on any atom is 0.250 e. The number of pyridine rings is 1. The zero-order valence-corrected chi connectivity index (χ0v) is 17.3. The predicted octanol–water partition coefficient (Wildman–Crippen LogP) is 2.02. The average Bonchev–Trinajstić information content (AvgIpc) is 2.73. The highest BCUT2D eigenvalue weighted by molar-refractivity contribution is 7.80. The lowest BCUT2D eigenvalue weighted by molar-refractivity contribution is -0.120. The van der Waals surface area contributed by atoms with Gasteiger partial charge in [-0.1, -0.05) is 36.4 Å². The van der Waals surface area contributed by atoms with Gasteiger partial charge in [0.05, 0.1) is 12.6 Å². The van der Waals surface area contributed by atoms with Gasteiger partial charge in [-0.25, -0.2) is 0 Å². The molecule has 152 valence electrons. The number of carbonyl (C=O) groups is 1. The summed E-state index contributed by atoms with van der Waals surface area (Å²) in [6.07, 6.45) is 1.08. The molecule has 2 aliphatic rings. The van der Waals surface area contributed by atoms with Crippen molar-refractivity contribution in [2.75, 3.05) is 19.6 Å². The average molecular weight is 411 g/mol. The number of hydrogen-bond donors (Lipinski definition) is 2. The molecular formula is C22H26N4O2S. The summed E-state index contributed by atoms with van der Waals surface area (Å²) < 4.78 is 1.91. The smallest absolute Gasteiger partial charge is 0.250 e. The fourth-order valence-electron chi connectivity index (χ4n) is 4.45. The van der Waals surface area contributed by atoms with Crippen molar-refractivity contribution in [2.45, 2.75) is 31.8 Å². The molecule has 2 aliphatic heterocycles. The molecule has 1 aromatic heterocycles. The molecule has 4 rings (SSSR count). The molecule has 1 amide bonds. The number of amides is 1. The van der Waals surface area contributed by atoms with Gasteiger partial charge in [-0.3, -0.25) is 9.59 Å². The van der Waals surface area contributed by atoms with Crippen molar-refractivity contribution in [1.82, 2.24) is 20.1 Å². The predicted molar refractivity (Wildman–Crippen MR) is 117 cm³/mol. The molecule has 2 bridgehead atoms. The molecule has 29 heavy (non-hydrogen) atoms. The fraction of sp³-hybridized carbons (Fsp3) is 0.409. The Hall–Kier alpha value is -2.67. The molecule has 6 nitrogen and oxygen atoms in total. The monoisotopic (exact) mass is 410 g/mol. The standard InChI is InChI=1S/C22H26N4O2S/c1-15(17-6-3-2-4-7-17)24-20(27)11-23-22(29)25-12-16-10-18(14-25)19-8-5-9-21(28)26(19)13-16/h2-9,15-16,18H,10-14H2,1H3,(H,23,29)(H,24,27)/t15-,16+,18-/m0/s1. The highest BCUT2D eigenvalue weighted by Gasteiger charge is 2.35. The Balaban J connectivity index is 1.32.